The van der Waals surface area contributed by atoms with Crippen molar-refractivity contribution < 1.29 is 24.9 Å². The topological polar surface area (TPSA) is 94.8 Å². The summed E-state index contributed by atoms with van der Waals surface area (Å²) in [4.78, 5) is 22.4. The number of hydrogen-bond donors (Lipinski definition) is 3. The van der Waals surface area contributed by atoms with Crippen LogP contribution >= 0.6 is 0 Å². The van der Waals surface area contributed by atoms with E-state index in [1.54, 1.807) is 0 Å². The summed E-state index contributed by atoms with van der Waals surface area (Å²) in [6.07, 6.45) is 18.4. The summed E-state index contributed by atoms with van der Waals surface area (Å²) in [5, 5.41) is 28.1. The average molecular weight is 407 g/mol. The number of unbranched alkanes of at least 4 members (excludes halogenated alkanes) is 13. The minimum absolute atomic E-state index is 0.342. The van der Waals surface area contributed by atoms with Crippen LogP contribution in [0.5, 0.6) is 5.75 Å². The fourth-order valence-corrected chi connectivity index (χ4v) is 3.69. The molecule has 5 heteroatoms. The summed E-state index contributed by atoms with van der Waals surface area (Å²) in [6, 6.07) is 2.76. The van der Waals surface area contributed by atoms with Gasteiger partial charge in [-0.15, -0.1) is 0 Å². The highest BCUT2D eigenvalue weighted by molar-refractivity contribution is 5.98. The third-order valence-electron chi connectivity index (χ3n) is 5.45. The number of aromatic carboxylic acids is 2. The number of hydrogen-bond acceptors (Lipinski definition) is 3. The summed E-state index contributed by atoms with van der Waals surface area (Å²) in [7, 11) is 0. The number of carbonyl (C=O) groups is 2. The lowest BCUT2D eigenvalue weighted by atomic mass is 9.99. The minimum atomic E-state index is -1.31. The summed E-state index contributed by atoms with van der Waals surface area (Å²) in [6.45, 7) is 2.25. The van der Waals surface area contributed by atoms with Crippen LogP contribution in [0.4, 0.5) is 0 Å². The van der Waals surface area contributed by atoms with Crippen LogP contribution < -0.4 is 0 Å². The van der Waals surface area contributed by atoms with Crippen molar-refractivity contribution in [1.82, 2.24) is 0 Å². The second-order valence-electron chi connectivity index (χ2n) is 8.00. The van der Waals surface area contributed by atoms with E-state index in [0.29, 0.717) is 12.0 Å². The molecule has 0 aliphatic carbocycles. The molecule has 5 nitrogen and oxygen atoms in total. The highest BCUT2D eigenvalue weighted by Gasteiger charge is 2.19. The molecule has 0 heterocycles. The van der Waals surface area contributed by atoms with Crippen LogP contribution in [0.2, 0.25) is 0 Å². The third kappa shape index (κ3) is 10.3. The standard InChI is InChI=1S/C24H38O5/c1-2-3-4-5-6-7-8-9-10-11-12-13-14-15-16-19-17-20(23(26)27)22(25)21(18-19)24(28)29/h17-18,25H,2-16H2,1H3,(H,26,27)(H,28,29). The second kappa shape index (κ2) is 14.9. The zero-order valence-electron chi connectivity index (χ0n) is 17.9. The maximum Gasteiger partial charge on any atom is 0.339 e. The van der Waals surface area contributed by atoms with E-state index in [2.05, 4.69) is 6.92 Å². The van der Waals surface area contributed by atoms with Gasteiger partial charge in [-0.2, -0.15) is 0 Å². The van der Waals surface area contributed by atoms with Crippen LogP contribution in [-0.4, -0.2) is 27.3 Å². The Morgan fingerprint density at radius 2 is 1.00 bits per heavy atom. The molecule has 1 aromatic rings. The number of aryl methyl sites for hydroxylation is 1. The highest BCUT2D eigenvalue weighted by atomic mass is 16.4. The molecule has 0 bridgehead atoms. The Kier molecular flexibility index (Phi) is 12.8. The first-order chi connectivity index (χ1) is 14.0. The molecule has 0 aliphatic heterocycles. The Hall–Kier alpha value is -2.04. The molecular formula is C24H38O5. The first kappa shape index (κ1) is 25.0. The maximum absolute atomic E-state index is 11.2. The Bertz CT molecular complexity index is 589. The molecule has 0 saturated heterocycles. The molecule has 0 saturated carbocycles. The zero-order chi connectivity index (χ0) is 21.5. The average Bonchev–Trinajstić information content (AvgIpc) is 2.68. The molecule has 0 atom stereocenters. The van der Waals surface area contributed by atoms with Gasteiger partial charge < -0.3 is 15.3 Å². The van der Waals surface area contributed by atoms with E-state index in [-0.39, 0.29) is 11.1 Å². The van der Waals surface area contributed by atoms with Crippen molar-refractivity contribution in [2.24, 2.45) is 0 Å². The van der Waals surface area contributed by atoms with Crippen molar-refractivity contribution in [3.8, 4) is 5.75 Å². The monoisotopic (exact) mass is 406 g/mol. The van der Waals surface area contributed by atoms with Crippen LogP contribution in [0.15, 0.2) is 12.1 Å². The smallest absolute Gasteiger partial charge is 0.339 e. The number of aromatic hydroxyl groups is 1. The lowest BCUT2D eigenvalue weighted by Gasteiger charge is -2.08. The molecule has 164 valence electrons. The van der Waals surface area contributed by atoms with Crippen LogP contribution in [-0.2, 0) is 6.42 Å². The third-order valence-corrected chi connectivity index (χ3v) is 5.45. The van der Waals surface area contributed by atoms with Crippen molar-refractivity contribution in [2.45, 2.75) is 103 Å². The van der Waals surface area contributed by atoms with Gasteiger partial charge in [0.05, 0.1) is 0 Å². The summed E-state index contributed by atoms with van der Waals surface area (Å²) in [5.74, 6) is -3.30. The van der Waals surface area contributed by atoms with Gasteiger partial charge in [0.15, 0.2) is 0 Å². The van der Waals surface area contributed by atoms with Gasteiger partial charge in [0.1, 0.15) is 16.9 Å². The van der Waals surface area contributed by atoms with Crippen LogP contribution in [0.25, 0.3) is 0 Å². The molecular weight excluding hydrogens is 368 g/mol. The van der Waals surface area contributed by atoms with E-state index in [9.17, 15) is 14.7 Å². The summed E-state index contributed by atoms with van der Waals surface area (Å²) in [5.41, 5.74) is -0.0351. The molecule has 0 spiro atoms. The molecule has 0 aromatic heterocycles. The Morgan fingerprint density at radius 3 is 1.34 bits per heavy atom. The van der Waals surface area contributed by atoms with E-state index in [4.69, 9.17) is 10.2 Å². The van der Waals surface area contributed by atoms with Gasteiger partial charge in [-0.05, 0) is 30.5 Å². The Labute approximate surface area is 175 Å². The van der Waals surface area contributed by atoms with Crippen LogP contribution in [0.3, 0.4) is 0 Å². The largest absolute Gasteiger partial charge is 0.506 e. The van der Waals surface area contributed by atoms with Gasteiger partial charge >= 0.3 is 11.9 Å². The molecule has 0 amide bonds. The first-order valence-corrected chi connectivity index (χ1v) is 11.3. The van der Waals surface area contributed by atoms with Crippen molar-refractivity contribution in [3.63, 3.8) is 0 Å². The zero-order valence-corrected chi connectivity index (χ0v) is 17.9. The number of carboxylic acids is 2. The lowest BCUT2D eigenvalue weighted by molar-refractivity contribution is 0.0691. The molecule has 0 unspecified atom stereocenters. The van der Waals surface area contributed by atoms with Crippen LogP contribution in [0.1, 0.15) is 123 Å². The van der Waals surface area contributed by atoms with Gasteiger partial charge in [0.25, 0.3) is 0 Å². The number of rotatable bonds is 17. The van der Waals surface area contributed by atoms with Crippen molar-refractivity contribution in [1.29, 1.82) is 0 Å². The van der Waals surface area contributed by atoms with Crippen molar-refractivity contribution >= 4 is 11.9 Å². The van der Waals surface area contributed by atoms with E-state index in [1.165, 1.54) is 82.8 Å². The van der Waals surface area contributed by atoms with Crippen molar-refractivity contribution in [2.75, 3.05) is 0 Å². The van der Waals surface area contributed by atoms with Crippen molar-refractivity contribution in [3.05, 3.63) is 28.8 Å². The SMILES string of the molecule is CCCCCCCCCCCCCCCCc1cc(C(=O)O)c(O)c(C(=O)O)c1. The molecule has 0 radical (unpaired) electrons. The highest BCUT2D eigenvalue weighted by Crippen LogP contribution is 2.26. The van der Waals surface area contributed by atoms with E-state index < -0.39 is 17.7 Å². The fraction of sp³-hybridized carbons (Fsp3) is 0.667. The Balaban J connectivity index is 2.15. The second-order valence-corrected chi connectivity index (χ2v) is 8.00. The predicted molar refractivity (Wildman–Crippen MR) is 116 cm³/mol. The minimum Gasteiger partial charge on any atom is -0.506 e. The molecule has 1 aromatic carbocycles. The quantitative estimate of drug-likeness (QED) is 0.247. The van der Waals surface area contributed by atoms with Crippen LogP contribution in [0, 0.1) is 0 Å². The predicted octanol–water partition coefficient (Wildman–Crippen LogP) is 6.81. The lowest BCUT2D eigenvalue weighted by Crippen LogP contribution is -2.05. The maximum atomic E-state index is 11.2. The number of phenols is 1. The van der Waals surface area contributed by atoms with E-state index in [0.717, 1.165) is 19.3 Å². The fourth-order valence-electron chi connectivity index (χ4n) is 3.69. The molecule has 0 aliphatic rings. The molecule has 0 fully saturated rings. The van der Waals surface area contributed by atoms with Gasteiger partial charge in [0, 0.05) is 0 Å². The molecule has 29 heavy (non-hydrogen) atoms. The molecule has 1 rings (SSSR count). The first-order valence-electron chi connectivity index (χ1n) is 11.3. The van der Waals surface area contributed by atoms with Gasteiger partial charge in [-0.25, -0.2) is 9.59 Å². The van der Waals surface area contributed by atoms with E-state index >= 15 is 0 Å². The van der Waals surface area contributed by atoms with Gasteiger partial charge in [-0.1, -0.05) is 90.4 Å². The summed E-state index contributed by atoms with van der Waals surface area (Å²) < 4.78 is 0. The summed E-state index contributed by atoms with van der Waals surface area (Å²) >= 11 is 0. The normalized spacial score (nSPS) is 10.9. The molecule has 3 N–H and O–H groups in total. The van der Waals surface area contributed by atoms with Gasteiger partial charge in [0.2, 0.25) is 0 Å². The number of benzene rings is 1. The Morgan fingerprint density at radius 1 is 0.655 bits per heavy atom. The van der Waals surface area contributed by atoms with Gasteiger partial charge in [-0.3, -0.25) is 0 Å². The van der Waals surface area contributed by atoms with E-state index in [1.807, 2.05) is 0 Å². The number of carboxylic acid groups (broad SMARTS) is 2.